The highest BCUT2D eigenvalue weighted by Gasteiger charge is 2.35. The van der Waals surface area contributed by atoms with Crippen molar-refractivity contribution in [2.24, 2.45) is 10.9 Å². The summed E-state index contributed by atoms with van der Waals surface area (Å²) in [6.45, 7) is 0.0949. The number of sulfone groups is 1. The summed E-state index contributed by atoms with van der Waals surface area (Å²) in [7, 11) is -3.97. The van der Waals surface area contributed by atoms with Crippen LogP contribution in [0.15, 0.2) is 58.4 Å². The molecule has 0 aromatic heterocycles. The highest BCUT2D eigenvalue weighted by molar-refractivity contribution is 8.06. The van der Waals surface area contributed by atoms with Crippen LogP contribution in [0.1, 0.15) is 28.7 Å². The first kappa shape index (κ1) is 21.3. The van der Waals surface area contributed by atoms with Crippen LogP contribution in [0, 0.1) is 5.92 Å². The molecule has 0 spiro atoms. The second kappa shape index (κ2) is 7.64. The number of aliphatic carboxylic acids is 1. The largest absolute Gasteiger partial charge is 0.481 e. The van der Waals surface area contributed by atoms with E-state index in [4.69, 9.17) is 0 Å². The number of hydrogen-bond donors (Lipinski definition) is 1. The predicted octanol–water partition coefficient (Wildman–Crippen LogP) is 4.16. The van der Waals surface area contributed by atoms with Gasteiger partial charge in [-0.15, -0.1) is 0 Å². The molecule has 1 N–H and O–H groups in total. The SMILES string of the molecule is O=C(O)C1Cc2cccc(S(=O)(=O)C3=NCC=C(c4ccc(C(F)(F)F)cc4)C3)c2C1. The Kier molecular flexibility index (Phi) is 5.25. The summed E-state index contributed by atoms with van der Waals surface area (Å²) in [4.78, 5) is 15.6. The van der Waals surface area contributed by atoms with E-state index in [1.54, 1.807) is 18.2 Å². The van der Waals surface area contributed by atoms with Crippen LogP contribution in [-0.4, -0.2) is 31.1 Å². The highest BCUT2D eigenvalue weighted by atomic mass is 32.2. The number of rotatable bonds is 3. The lowest BCUT2D eigenvalue weighted by Crippen LogP contribution is -2.20. The summed E-state index contributed by atoms with van der Waals surface area (Å²) >= 11 is 0. The molecule has 162 valence electrons. The summed E-state index contributed by atoms with van der Waals surface area (Å²) in [5.41, 5.74) is 1.51. The van der Waals surface area contributed by atoms with E-state index in [-0.39, 0.29) is 35.7 Å². The molecule has 0 fully saturated rings. The van der Waals surface area contributed by atoms with Gasteiger partial charge in [-0.2, -0.15) is 13.2 Å². The zero-order valence-electron chi connectivity index (χ0n) is 16.2. The highest BCUT2D eigenvalue weighted by Crippen LogP contribution is 2.35. The number of benzene rings is 2. The lowest BCUT2D eigenvalue weighted by molar-refractivity contribution is -0.141. The quantitative estimate of drug-likeness (QED) is 0.763. The number of fused-ring (bicyclic) bond motifs is 1. The first-order chi connectivity index (χ1) is 14.6. The minimum Gasteiger partial charge on any atom is -0.481 e. The first-order valence-electron chi connectivity index (χ1n) is 9.56. The lowest BCUT2D eigenvalue weighted by Gasteiger charge is -2.17. The van der Waals surface area contributed by atoms with Gasteiger partial charge in [0.25, 0.3) is 0 Å². The maximum atomic E-state index is 13.3. The van der Waals surface area contributed by atoms with Gasteiger partial charge in [-0.25, -0.2) is 8.42 Å². The van der Waals surface area contributed by atoms with Gasteiger partial charge >= 0.3 is 12.1 Å². The van der Waals surface area contributed by atoms with E-state index in [2.05, 4.69) is 4.99 Å². The normalized spacial score (nSPS) is 18.9. The van der Waals surface area contributed by atoms with Crippen LogP contribution in [0.3, 0.4) is 0 Å². The summed E-state index contributed by atoms with van der Waals surface area (Å²) in [6.07, 6.45) is -2.39. The van der Waals surface area contributed by atoms with Crippen molar-refractivity contribution in [2.45, 2.75) is 30.3 Å². The average Bonchev–Trinajstić information content (AvgIpc) is 3.18. The Hall–Kier alpha value is -2.94. The van der Waals surface area contributed by atoms with Crippen molar-refractivity contribution in [3.63, 3.8) is 0 Å². The second-order valence-electron chi connectivity index (χ2n) is 7.56. The topological polar surface area (TPSA) is 83.8 Å². The van der Waals surface area contributed by atoms with Gasteiger partial charge in [-0.05, 0) is 53.3 Å². The molecule has 1 heterocycles. The first-order valence-corrected chi connectivity index (χ1v) is 11.0. The third kappa shape index (κ3) is 4.01. The van der Waals surface area contributed by atoms with Gasteiger partial charge in [-0.1, -0.05) is 30.3 Å². The number of allylic oxidation sites excluding steroid dienone is 1. The van der Waals surface area contributed by atoms with Crippen molar-refractivity contribution in [1.29, 1.82) is 0 Å². The van der Waals surface area contributed by atoms with E-state index in [0.29, 0.717) is 22.3 Å². The monoisotopic (exact) mass is 449 g/mol. The molecule has 9 heteroatoms. The van der Waals surface area contributed by atoms with Gasteiger partial charge in [0.1, 0.15) is 5.04 Å². The Morgan fingerprint density at radius 1 is 1.06 bits per heavy atom. The standard InChI is InChI=1S/C22H18F3NO4S/c23-22(24,25)17-6-4-13(5-7-17)14-8-9-26-20(12-14)31(29,30)19-3-1-2-15-10-16(21(27)28)11-18(15)19/h1-8,16H,9-12H2,(H,27,28). The molecule has 0 amide bonds. The number of aliphatic imine (C=N–C) groups is 1. The second-order valence-corrected chi connectivity index (χ2v) is 9.47. The van der Waals surface area contributed by atoms with Crippen molar-refractivity contribution in [2.75, 3.05) is 6.54 Å². The minimum absolute atomic E-state index is 0.0419. The van der Waals surface area contributed by atoms with Crippen molar-refractivity contribution in [1.82, 2.24) is 0 Å². The molecule has 0 saturated heterocycles. The van der Waals surface area contributed by atoms with E-state index < -0.39 is 33.5 Å². The number of halogens is 3. The van der Waals surface area contributed by atoms with E-state index in [1.807, 2.05) is 0 Å². The molecule has 4 rings (SSSR count). The van der Waals surface area contributed by atoms with Crippen molar-refractivity contribution < 1.29 is 31.5 Å². The number of carbonyl (C=O) groups is 1. The molecule has 5 nitrogen and oxygen atoms in total. The van der Waals surface area contributed by atoms with Gasteiger partial charge in [0, 0.05) is 6.42 Å². The Bertz CT molecular complexity index is 1210. The Morgan fingerprint density at radius 2 is 1.77 bits per heavy atom. The summed E-state index contributed by atoms with van der Waals surface area (Å²) < 4.78 is 65.1. The van der Waals surface area contributed by atoms with Crippen LogP contribution >= 0.6 is 0 Å². The zero-order chi connectivity index (χ0) is 22.4. The van der Waals surface area contributed by atoms with Crippen LogP contribution in [-0.2, 0) is 33.6 Å². The number of dihydropyridines is 1. The molecule has 2 aromatic rings. The van der Waals surface area contributed by atoms with Gasteiger partial charge in [-0.3, -0.25) is 9.79 Å². The van der Waals surface area contributed by atoms with Crippen LogP contribution in [0.2, 0.25) is 0 Å². The fraction of sp³-hybridized carbons (Fsp3) is 0.273. The van der Waals surface area contributed by atoms with E-state index in [0.717, 1.165) is 12.1 Å². The molecular weight excluding hydrogens is 431 g/mol. The number of hydrogen-bond acceptors (Lipinski definition) is 4. The number of nitrogens with zero attached hydrogens (tertiary/aromatic N) is 1. The van der Waals surface area contributed by atoms with Gasteiger partial charge in [0.15, 0.2) is 0 Å². The molecule has 1 atom stereocenters. The lowest BCUT2D eigenvalue weighted by atomic mass is 10.00. The molecule has 1 aliphatic heterocycles. The Labute approximate surface area is 176 Å². The smallest absolute Gasteiger partial charge is 0.416 e. The molecule has 0 radical (unpaired) electrons. The maximum Gasteiger partial charge on any atom is 0.416 e. The van der Waals surface area contributed by atoms with Crippen LogP contribution in [0.25, 0.3) is 5.57 Å². The number of carboxylic acid groups (broad SMARTS) is 1. The van der Waals surface area contributed by atoms with Gasteiger partial charge in [0.05, 0.1) is 22.9 Å². The Balaban J connectivity index is 1.61. The summed E-state index contributed by atoms with van der Waals surface area (Å²) in [5.74, 6) is -1.63. The third-order valence-corrected chi connectivity index (χ3v) is 7.48. The summed E-state index contributed by atoms with van der Waals surface area (Å²) in [5, 5.41) is 9.24. The fourth-order valence-electron chi connectivity index (χ4n) is 3.99. The van der Waals surface area contributed by atoms with Crippen molar-refractivity contribution >= 4 is 26.4 Å². The third-order valence-electron chi connectivity index (χ3n) is 5.63. The molecule has 1 unspecified atom stereocenters. The Morgan fingerprint density at radius 3 is 2.42 bits per heavy atom. The fourth-order valence-corrected chi connectivity index (χ4v) is 5.63. The maximum absolute atomic E-state index is 13.3. The average molecular weight is 449 g/mol. The molecule has 2 aliphatic rings. The number of carboxylic acids is 1. The van der Waals surface area contributed by atoms with E-state index in [1.165, 1.54) is 18.2 Å². The van der Waals surface area contributed by atoms with Crippen molar-refractivity contribution in [3.8, 4) is 0 Å². The van der Waals surface area contributed by atoms with Crippen LogP contribution in [0.5, 0.6) is 0 Å². The molecule has 2 aromatic carbocycles. The van der Waals surface area contributed by atoms with E-state index in [9.17, 15) is 31.5 Å². The van der Waals surface area contributed by atoms with Crippen LogP contribution in [0.4, 0.5) is 13.2 Å². The minimum atomic E-state index is -4.45. The van der Waals surface area contributed by atoms with E-state index >= 15 is 0 Å². The number of alkyl halides is 3. The van der Waals surface area contributed by atoms with Crippen LogP contribution < -0.4 is 0 Å². The molecular formula is C22H18F3NO4S. The summed E-state index contributed by atoms with van der Waals surface area (Å²) in [6, 6.07) is 9.35. The molecule has 0 saturated carbocycles. The zero-order valence-corrected chi connectivity index (χ0v) is 17.0. The van der Waals surface area contributed by atoms with Gasteiger partial charge < -0.3 is 5.11 Å². The molecule has 0 bridgehead atoms. The predicted molar refractivity (Wildman–Crippen MR) is 109 cm³/mol. The molecule has 31 heavy (non-hydrogen) atoms. The van der Waals surface area contributed by atoms with Crippen molar-refractivity contribution in [3.05, 3.63) is 70.8 Å². The van der Waals surface area contributed by atoms with Gasteiger partial charge in [0.2, 0.25) is 9.84 Å². The molecule has 1 aliphatic carbocycles.